The number of carbonyl (C=O) groups is 2. The molecule has 1 fully saturated rings. The minimum absolute atomic E-state index is 0.0572. The van der Waals surface area contributed by atoms with Crippen LogP contribution < -0.4 is 5.32 Å². The minimum Gasteiger partial charge on any atom is -0.378 e. The summed E-state index contributed by atoms with van der Waals surface area (Å²) in [6.45, 7) is 2.26. The molecule has 2 aromatic carbocycles. The van der Waals surface area contributed by atoms with Crippen molar-refractivity contribution in [3.8, 4) is 0 Å². The standard InChI is InChI=1S/C21H19N3O3/c25-20(19-9-8-15-4-1-2-7-18(15)23-19)22-17-6-3-5-16(14-17)21(26)24-10-12-27-13-11-24/h1-9,14H,10-13H2,(H,22,25). The minimum atomic E-state index is -0.309. The quantitative estimate of drug-likeness (QED) is 0.779. The molecule has 0 radical (unpaired) electrons. The monoisotopic (exact) mass is 361 g/mol. The molecular formula is C21H19N3O3. The number of para-hydroxylation sites is 1. The van der Waals surface area contributed by atoms with Gasteiger partial charge < -0.3 is 15.0 Å². The molecule has 0 saturated carbocycles. The lowest BCUT2D eigenvalue weighted by Gasteiger charge is -2.27. The summed E-state index contributed by atoms with van der Waals surface area (Å²) in [4.78, 5) is 31.3. The fraction of sp³-hybridized carbons (Fsp3) is 0.190. The first-order valence-electron chi connectivity index (χ1n) is 8.85. The molecular weight excluding hydrogens is 342 g/mol. The summed E-state index contributed by atoms with van der Waals surface area (Å²) in [7, 11) is 0. The summed E-state index contributed by atoms with van der Waals surface area (Å²) < 4.78 is 5.28. The lowest BCUT2D eigenvalue weighted by molar-refractivity contribution is 0.0303. The molecule has 0 atom stereocenters. The molecule has 6 nitrogen and oxygen atoms in total. The summed E-state index contributed by atoms with van der Waals surface area (Å²) in [5, 5.41) is 3.80. The highest BCUT2D eigenvalue weighted by Gasteiger charge is 2.19. The van der Waals surface area contributed by atoms with Crippen LogP contribution in [0.5, 0.6) is 0 Å². The predicted octanol–water partition coefficient (Wildman–Crippen LogP) is 2.96. The van der Waals surface area contributed by atoms with Crippen molar-refractivity contribution in [3.05, 3.63) is 71.9 Å². The summed E-state index contributed by atoms with van der Waals surface area (Å²) in [5.74, 6) is -0.366. The molecule has 1 aromatic heterocycles. The molecule has 27 heavy (non-hydrogen) atoms. The maximum Gasteiger partial charge on any atom is 0.274 e. The van der Waals surface area contributed by atoms with Crippen LogP contribution in [0.15, 0.2) is 60.7 Å². The van der Waals surface area contributed by atoms with E-state index < -0.39 is 0 Å². The molecule has 3 aromatic rings. The largest absolute Gasteiger partial charge is 0.378 e. The van der Waals surface area contributed by atoms with Crippen molar-refractivity contribution in [2.24, 2.45) is 0 Å². The number of anilines is 1. The van der Waals surface area contributed by atoms with E-state index in [4.69, 9.17) is 4.74 Å². The molecule has 4 rings (SSSR count). The Morgan fingerprint density at radius 1 is 0.963 bits per heavy atom. The van der Waals surface area contributed by atoms with Crippen molar-refractivity contribution >= 4 is 28.4 Å². The number of ether oxygens (including phenoxy) is 1. The van der Waals surface area contributed by atoms with E-state index in [1.165, 1.54) is 0 Å². The van der Waals surface area contributed by atoms with Gasteiger partial charge in [0.2, 0.25) is 0 Å². The van der Waals surface area contributed by atoms with Gasteiger partial charge in [0.15, 0.2) is 0 Å². The second-order valence-electron chi connectivity index (χ2n) is 6.33. The second-order valence-corrected chi connectivity index (χ2v) is 6.33. The second kappa shape index (κ2) is 7.55. The van der Waals surface area contributed by atoms with Crippen LogP contribution >= 0.6 is 0 Å². The summed E-state index contributed by atoms with van der Waals surface area (Å²) >= 11 is 0. The van der Waals surface area contributed by atoms with Crippen LogP contribution in [0.4, 0.5) is 5.69 Å². The topological polar surface area (TPSA) is 71.5 Å². The third-order valence-electron chi connectivity index (χ3n) is 4.50. The first-order valence-corrected chi connectivity index (χ1v) is 8.85. The van der Waals surface area contributed by atoms with E-state index in [-0.39, 0.29) is 11.8 Å². The average Bonchev–Trinajstić information content (AvgIpc) is 2.73. The van der Waals surface area contributed by atoms with Gasteiger partial charge >= 0.3 is 0 Å². The smallest absolute Gasteiger partial charge is 0.274 e. The molecule has 0 aliphatic carbocycles. The Kier molecular flexibility index (Phi) is 4.80. The number of hydrogen-bond donors (Lipinski definition) is 1. The average molecular weight is 361 g/mol. The lowest BCUT2D eigenvalue weighted by atomic mass is 10.1. The number of aromatic nitrogens is 1. The molecule has 1 saturated heterocycles. The van der Waals surface area contributed by atoms with Gasteiger partial charge in [-0.25, -0.2) is 4.98 Å². The van der Waals surface area contributed by atoms with Crippen LogP contribution in [0.1, 0.15) is 20.8 Å². The SMILES string of the molecule is O=C(Nc1cccc(C(=O)N2CCOCC2)c1)c1ccc2ccccc2n1. The van der Waals surface area contributed by atoms with E-state index in [0.717, 1.165) is 10.9 Å². The van der Waals surface area contributed by atoms with E-state index in [1.807, 2.05) is 30.3 Å². The molecule has 1 N–H and O–H groups in total. The number of amides is 2. The van der Waals surface area contributed by atoms with Crippen LogP contribution in [-0.4, -0.2) is 48.0 Å². The van der Waals surface area contributed by atoms with Gasteiger partial charge in [0.25, 0.3) is 11.8 Å². The number of fused-ring (bicyclic) bond motifs is 1. The number of morpholine rings is 1. The van der Waals surface area contributed by atoms with Crippen LogP contribution in [0, 0.1) is 0 Å². The van der Waals surface area contributed by atoms with Crippen molar-refractivity contribution in [1.82, 2.24) is 9.88 Å². The number of rotatable bonds is 3. The molecule has 0 spiro atoms. The Balaban J connectivity index is 1.51. The Labute approximate surface area is 156 Å². The maximum atomic E-state index is 12.6. The van der Waals surface area contributed by atoms with Gasteiger partial charge in [-0.2, -0.15) is 0 Å². The van der Waals surface area contributed by atoms with E-state index in [9.17, 15) is 9.59 Å². The van der Waals surface area contributed by atoms with Crippen molar-refractivity contribution in [2.45, 2.75) is 0 Å². The molecule has 1 aliphatic rings. The first-order chi connectivity index (χ1) is 13.2. The molecule has 0 unspecified atom stereocenters. The van der Waals surface area contributed by atoms with Gasteiger partial charge in [0.1, 0.15) is 5.69 Å². The van der Waals surface area contributed by atoms with E-state index in [2.05, 4.69) is 10.3 Å². The molecule has 6 heteroatoms. The zero-order valence-corrected chi connectivity index (χ0v) is 14.7. The van der Waals surface area contributed by atoms with Gasteiger partial charge in [0, 0.05) is 29.7 Å². The normalized spacial score (nSPS) is 14.1. The van der Waals surface area contributed by atoms with Crippen LogP contribution in [0.2, 0.25) is 0 Å². The highest BCUT2D eigenvalue weighted by molar-refractivity contribution is 6.05. The third-order valence-corrected chi connectivity index (χ3v) is 4.50. The first kappa shape index (κ1) is 17.2. The van der Waals surface area contributed by atoms with Crippen molar-refractivity contribution in [1.29, 1.82) is 0 Å². The van der Waals surface area contributed by atoms with Crippen molar-refractivity contribution in [2.75, 3.05) is 31.6 Å². The molecule has 1 aliphatic heterocycles. The number of carbonyl (C=O) groups excluding carboxylic acids is 2. The van der Waals surface area contributed by atoms with Crippen LogP contribution in [0.3, 0.4) is 0 Å². The van der Waals surface area contributed by atoms with Gasteiger partial charge in [0.05, 0.1) is 18.7 Å². The van der Waals surface area contributed by atoms with E-state index >= 15 is 0 Å². The summed E-state index contributed by atoms with van der Waals surface area (Å²) in [6, 6.07) is 18.2. The Morgan fingerprint density at radius 2 is 1.78 bits per heavy atom. The highest BCUT2D eigenvalue weighted by atomic mass is 16.5. The Morgan fingerprint density at radius 3 is 2.63 bits per heavy atom. The Hall–Kier alpha value is -3.25. The zero-order valence-electron chi connectivity index (χ0n) is 14.7. The van der Waals surface area contributed by atoms with Gasteiger partial charge in [-0.3, -0.25) is 9.59 Å². The third kappa shape index (κ3) is 3.80. The zero-order chi connectivity index (χ0) is 18.6. The number of nitrogens with one attached hydrogen (secondary N) is 1. The summed E-state index contributed by atoms with van der Waals surface area (Å²) in [6.07, 6.45) is 0. The number of nitrogens with zero attached hydrogens (tertiary/aromatic N) is 2. The highest BCUT2D eigenvalue weighted by Crippen LogP contribution is 2.16. The van der Waals surface area contributed by atoms with Crippen LogP contribution in [0.25, 0.3) is 10.9 Å². The number of benzene rings is 2. The molecule has 0 bridgehead atoms. The van der Waals surface area contributed by atoms with Crippen molar-refractivity contribution in [3.63, 3.8) is 0 Å². The van der Waals surface area contributed by atoms with Gasteiger partial charge in [-0.1, -0.05) is 30.3 Å². The van der Waals surface area contributed by atoms with Crippen LogP contribution in [-0.2, 0) is 4.74 Å². The molecule has 2 amide bonds. The van der Waals surface area contributed by atoms with Gasteiger partial charge in [-0.05, 0) is 30.3 Å². The summed E-state index contributed by atoms with van der Waals surface area (Å²) in [5.41, 5.74) is 2.20. The van der Waals surface area contributed by atoms with E-state index in [0.29, 0.717) is 43.2 Å². The number of pyridine rings is 1. The fourth-order valence-electron chi connectivity index (χ4n) is 3.07. The van der Waals surface area contributed by atoms with Gasteiger partial charge in [-0.15, -0.1) is 0 Å². The Bertz CT molecular complexity index is 997. The number of hydrogen-bond acceptors (Lipinski definition) is 4. The van der Waals surface area contributed by atoms with Crippen molar-refractivity contribution < 1.29 is 14.3 Å². The predicted molar refractivity (Wildman–Crippen MR) is 103 cm³/mol. The fourth-order valence-corrected chi connectivity index (χ4v) is 3.07. The van der Waals surface area contributed by atoms with E-state index in [1.54, 1.807) is 35.2 Å². The maximum absolute atomic E-state index is 12.6. The molecule has 136 valence electrons. The molecule has 2 heterocycles. The lowest BCUT2D eigenvalue weighted by Crippen LogP contribution is -2.40.